The Bertz CT molecular complexity index is 855. The number of benzene rings is 2. The number of aryl methyl sites for hydroxylation is 1. The van der Waals surface area contributed by atoms with Gasteiger partial charge in [0.2, 0.25) is 0 Å². The van der Waals surface area contributed by atoms with Crippen LogP contribution in [0.3, 0.4) is 0 Å². The summed E-state index contributed by atoms with van der Waals surface area (Å²) in [5, 5.41) is 5.28. The van der Waals surface area contributed by atoms with Crippen LogP contribution >= 0.6 is 15.9 Å². The van der Waals surface area contributed by atoms with Crippen molar-refractivity contribution in [2.45, 2.75) is 13.3 Å². The Morgan fingerprint density at radius 2 is 2.09 bits per heavy atom. The molecule has 0 saturated heterocycles. The van der Waals surface area contributed by atoms with Crippen LogP contribution in [0.1, 0.15) is 23.0 Å². The van der Waals surface area contributed by atoms with Crippen molar-refractivity contribution in [3.63, 3.8) is 0 Å². The highest BCUT2D eigenvalue weighted by Gasteiger charge is 2.18. The van der Waals surface area contributed by atoms with Crippen LogP contribution in [0.2, 0.25) is 0 Å². The lowest BCUT2D eigenvalue weighted by molar-refractivity contribution is 0.0595. The lowest BCUT2D eigenvalue weighted by Crippen LogP contribution is -2.04. The molecule has 112 valence electrons. The zero-order valence-electron chi connectivity index (χ0n) is 12.3. The number of aromatic nitrogens is 2. The summed E-state index contributed by atoms with van der Waals surface area (Å²) in [6, 6.07) is 13.8. The quantitative estimate of drug-likeness (QED) is 0.661. The summed E-state index contributed by atoms with van der Waals surface area (Å²) in [6.07, 6.45) is 0.901. The number of carbonyl (C=O) groups excluding carboxylic acids is 1. The normalized spacial score (nSPS) is 10.9. The van der Waals surface area contributed by atoms with Crippen molar-refractivity contribution in [3.05, 3.63) is 58.2 Å². The molecule has 2 aromatic carbocycles. The topological polar surface area (TPSA) is 44.1 Å². The van der Waals surface area contributed by atoms with Crippen LogP contribution in [-0.4, -0.2) is 22.9 Å². The Kier molecular flexibility index (Phi) is 3.98. The Labute approximate surface area is 136 Å². The number of rotatable bonds is 3. The van der Waals surface area contributed by atoms with E-state index in [0.717, 1.165) is 33.0 Å². The smallest absolute Gasteiger partial charge is 0.359 e. The molecule has 0 amide bonds. The molecule has 0 unspecified atom stereocenters. The van der Waals surface area contributed by atoms with E-state index in [1.807, 2.05) is 36.4 Å². The monoisotopic (exact) mass is 358 g/mol. The second-order valence-electron chi connectivity index (χ2n) is 4.94. The summed E-state index contributed by atoms with van der Waals surface area (Å²) in [5.41, 5.74) is 3.27. The first-order valence-corrected chi connectivity index (χ1v) is 7.79. The maximum absolute atomic E-state index is 12.0. The summed E-state index contributed by atoms with van der Waals surface area (Å²) < 4.78 is 7.59. The molecule has 22 heavy (non-hydrogen) atoms. The SMILES string of the molecule is CCc1ccc2c(c1)c(C(=O)OC)nn2-c1cccc(Br)c1. The van der Waals surface area contributed by atoms with Gasteiger partial charge in [-0.2, -0.15) is 5.10 Å². The largest absolute Gasteiger partial charge is 0.464 e. The molecule has 4 nitrogen and oxygen atoms in total. The van der Waals surface area contributed by atoms with E-state index in [2.05, 4.69) is 34.0 Å². The highest BCUT2D eigenvalue weighted by Crippen LogP contribution is 2.25. The van der Waals surface area contributed by atoms with Crippen LogP contribution in [0.25, 0.3) is 16.6 Å². The van der Waals surface area contributed by atoms with E-state index in [-0.39, 0.29) is 0 Å². The summed E-state index contributed by atoms with van der Waals surface area (Å²) in [5.74, 6) is -0.424. The van der Waals surface area contributed by atoms with E-state index in [0.29, 0.717) is 5.69 Å². The second kappa shape index (κ2) is 5.93. The van der Waals surface area contributed by atoms with E-state index in [4.69, 9.17) is 4.74 Å². The number of esters is 1. The number of hydrogen-bond acceptors (Lipinski definition) is 3. The van der Waals surface area contributed by atoms with Crippen molar-refractivity contribution >= 4 is 32.8 Å². The van der Waals surface area contributed by atoms with E-state index >= 15 is 0 Å². The van der Waals surface area contributed by atoms with Crippen molar-refractivity contribution in [2.75, 3.05) is 7.11 Å². The van der Waals surface area contributed by atoms with Gasteiger partial charge in [0.1, 0.15) is 0 Å². The van der Waals surface area contributed by atoms with Crippen molar-refractivity contribution in [2.24, 2.45) is 0 Å². The van der Waals surface area contributed by atoms with Crippen LogP contribution in [0.15, 0.2) is 46.9 Å². The number of halogens is 1. The molecule has 0 radical (unpaired) electrons. The van der Waals surface area contributed by atoms with Gasteiger partial charge in [-0.25, -0.2) is 9.48 Å². The first kappa shape index (κ1) is 14.8. The summed E-state index contributed by atoms with van der Waals surface area (Å²) >= 11 is 3.46. The molecule has 0 fully saturated rings. The fraction of sp³-hybridized carbons (Fsp3) is 0.176. The molecule has 3 aromatic rings. The van der Waals surface area contributed by atoms with Gasteiger partial charge >= 0.3 is 5.97 Å². The molecule has 0 aliphatic heterocycles. The number of carbonyl (C=O) groups is 1. The molecular weight excluding hydrogens is 344 g/mol. The maximum Gasteiger partial charge on any atom is 0.359 e. The minimum Gasteiger partial charge on any atom is -0.464 e. The summed E-state index contributed by atoms with van der Waals surface area (Å²) in [7, 11) is 1.37. The zero-order chi connectivity index (χ0) is 15.7. The highest BCUT2D eigenvalue weighted by molar-refractivity contribution is 9.10. The van der Waals surface area contributed by atoms with E-state index < -0.39 is 5.97 Å². The predicted octanol–water partition coefficient (Wildman–Crippen LogP) is 4.14. The number of hydrogen-bond donors (Lipinski definition) is 0. The third-order valence-electron chi connectivity index (χ3n) is 3.58. The second-order valence-corrected chi connectivity index (χ2v) is 5.85. The lowest BCUT2D eigenvalue weighted by atomic mass is 10.1. The van der Waals surface area contributed by atoms with Crippen LogP contribution < -0.4 is 0 Å². The van der Waals surface area contributed by atoms with Gasteiger partial charge in [0.05, 0.1) is 18.3 Å². The molecule has 0 aliphatic rings. The third-order valence-corrected chi connectivity index (χ3v) is 4.08. The van der Waals surface area contributed by atoms with Crippen molar-refractivity contribution in [1.29, 1.82) is 0 Å². The average Bonchev–Trinajstić information content (AvgIpc) is 2.92. The van der Waals surface area contributed by atoms with E-state index in [9.17, 15) is 4.79 Å². The minimum absolute atomic E-state index is 0.341. The van der Waals surface area contributed by atoms with Crippen LogP contribution in [-0.2, 0) is 11.2 Å². The van der Waals surface area contributed by atoms with Gasteiger partial charge in [-0.05, 0) is 42.3 Å². The van der Waals surface area contributed by atoms with Gasteiger partial charge in [0.15, 0.2) is 5.69 Å². The Morgan fingerprint density at radius 3 is 2.77 bits per heavy atom. The third kappa shape index (κ3) is 2.52. The van der Waals surface area contributed by atoms with Crippen LogP contribution in [0, 0.1) is 0 Å². The molecule has 0 spiro atoms. The predicted molar refractivity (Wildman–Crippen MR) is 89.5 cm³/mol. The first-order chi connectivity index (χ1) is 10.6. The fourth-order valence-electron chi connectivity index (χ4n) is 2.44. The Balaban J connectivity index is 2.29. The molecule has 0 aliphatic carbocycles. The molecule has 5 heteroatoms. The number of methoxy groups -OCH3 is 1. The molecule has 1 aromatic heterocycles. The van der Waals surface area contributed by atoms with Gasteiger partial charge in [-0.1, -0.05) is 35.0 Å². The van der Waals surface area contributed by atoms with Gasteiger partial charge in [0.25, 0.3) is 0 Å². The number of nitrogens with zero attached hydrogens (tertiary/aromatic N) is 2. The molecule has 0 N–H and O–H groups in total. The van der Waals surface area contributed by atoms with Gasteiger partial charge < -0.3 is 4.74 Å². The number of ether oxygens (including phenoxy) is 1. The van der Waals surface area contributed by atoms with Gasteiger partial charge in [-0.15, -0.1) is 0 Å². The van der Waals surface area contributed by atoms with Gasteiger partial charge in [0, 0.05) is 9.86 Å². The maximum atomic E-state index is 12.0. The molecule has 0 atom stereocenters. The van der Waals surface area contributed by atoms with E-state index in [1.54, 1.807) is 4.68 Å². The fourth-order valence-corrected chi connectivity index (χ4v) is 2.82. The lowest BCUT2D eigenvalue weighted by Gasteiger charge is -2.04. The molecular formula is C17H15BrN2O2. The zero-order valence-corrected chi connectivity index (χ0v) is 13.9. The summed E-state index contributed by atoms with van der Waals surface area (Å²) in [6.45, 7) is 2.08. The molecule has 0 saturated carbocycles. The van der Waals surface area contributed by atoms with Crippen molar-refractivity contribution in [3.8, 4) is 5.69 Å². The Morgan fingerprint density at radius 1 is 1.27 bits per heavy atom. The van der Waals surface area contributed by atoms with Crippen molar-refractivity contribution < 1.29 is 9.53 Å². The average molecular weight is 359 g/mol. The molecule has 0 bridgehead atoms. The molecule has 1 heterocycles. The van der Waals surface area contributed by atoms with Crippen LogP contribution in [0.5, 0.6) is 0 Å². The molecule has 3 rings (SSSR count). The van der Waals surface area contributed by atoms with Crippen LogP contribution in [0.4, 0.5) is 0 Å². The van der Waals surface area contributed by atoms with Gasteiger partial charge in [-0.3, -0.25) is 0 Å². The summed E-state index contributed by atoms with van der Waals surface area (Å²) in [4.78, 5) is 12.0. The highest BCUT2D eigenvalue weighted by atomic mass is 79.9. The van der Waals surface area contributed by atoms with Crippen molar-refractivity contribution in [1.82, 2.24) is 9.78 Å². The minimum atomic E-state index is -0.424. The Hall–Kier alpha value is -2.14. The first-order valence-electron chi connectivity index (χ1n) is 7.00. The standard InChI is InChI=1S/C17H15BrN2O2/c1-3-11-7-8-15-14(9-11)16(17(21)22-2)19-20(15)13-6-4-5-12(18)10-13/h4-10H,3H2,1-2H3. The van der Waals surface area contributed by atoms with E-state index in [1.165, 1.54) is 7.11 Å². The number of fused-ring (bicyclic) bond motifs is 1.